The summed E-state index contributed by atoms with van der Waals surface area (Å²) in [5.74, 6) is 0.0334. The van der Waals surface area contributed by atoms with E-state index in [0.717, 1.165) is 4.31 Å². The third-order valence-electron chi connectivity index (χ3n) is 3.36. The van der Waals surface area contributed by atoms with Gasteiger partial charge in [0.1, 0.15) is 11.6 Å². The van der Waals surface area contributed by atoms with Gasteiger partial charge in [-0.15, -0.1) is 0 Å². The molecule has 2 aromatic carbocycles. The Balaban J connectivity index is 2.52. The van der Waals surface area contributed by atoms with Crippen LogP contribution in [0, 0.1) is 12.7 Å². The molecule has 0 fully saturated rings. The molecule has 0 aliphatic rings. The van der Waals surface area contributed by atoms with E-state index < -0.39 is 15.8 Å². The number of nitrogens with zero attached hydrogens (tertiary/aromatic N) is 1. The van der Waals surface area contributed by atoms with Crippen LogP contribution in [0.15, 0.2) is 47.4 Å². The summed E-state index contributed by atoms with van der Waals surface area (Å²) in [6.45, 7) is 3.56. The van der Waals surface area contributed by atoms with E-state index in [1.807, 2.05) is 0 Å². The van der Waals surface area contributed by atoms with Crippen LogP contribution in [0.3, 0.4) is 0 Å². The number of hydrogen-bond donors (Lipinski definition) is 0. The monoisotopic (exact) mass is 323 g/mol. The first-order chi connectivity index (χ1) is 10.4. The average molecular weight is 323 g/mol. The first-order valence-corrected chi connectivity index (χ1v) is 8.27. The van der Waals surface area contributed by atoms with Crippen molar-refractivity contribution >= 4 is 15.7 Å². The van der Waals surface area contributed by atoms with Gasteiger partial charge in [0.2, 0.25) is 0 Å². The van der Waals surface area contributed by atoms with Crippen LogP contribution in [-0.4, -0.2) is 22.1 Å². The second-order valence-corrected chi connectivity index (χ2v) is 6.61. The minimum absolute atomic E-state index is 0.0403. The maximum Gasteiger partial charge on any atom is 0.264 e. The molecule has 0 aliphatic carbocycles. The van der Waals surface area contributed by atoms with E-state index in [0.29, 0.717) is 11.3 Å². The molecule has 0 radical (unpaired) electrons. The summed E-state index contributed by atoms with van der Waals surface area (Å²) in [6.07, 6.45) is 0. The van der Waals surface area contributed by atoms with Gasteiger partial charge in [-0.1, -0.05) is 12.1 Å². The molecule has 0 heterocycles. The van der Waals surface area contributed by atoms with Crippen molar-refractivity contribution in [2.75, 3.05) is 18.0 Å². The highest BCUT2D eigenvalue weighted by atomic mass is 32.2. The number of hydrogen-bond acceptors (Lipinski definition) is 3. The highest BCUT2D eigenvalue weighted by molar-refractivity contribution is 7.92. The Morgan fingerprint density at radius 3 is 2.41 bits per heavy atom. The number of methoxy groups -OCH3 is 1. The molecule has 6 heteroatoms. The van der Waals surface area contributed by atoms with Crippen LogP contribution in [-0.2, 0) is 10.0 Å². The Bertz CT molecular complexity index is 775. The first-order valence-electron chi connectivity index (χ1n) is 6.83. The summed E-state index contributed by atoms with van der Waals surface area (Å²) in [5, 5.41) is 0. The molecule has 0 aromatic heterocycles. The van der Waals surface area contributed by atoms with Crippen molar-refractivity contribution in [3.8, 4) is 5.75 Å². The summed E-state index contributed by atoms with van der Waals surface area (Å²) in [5.41, 5.74) is 0.742. The maximum atomic E-state index is 13.9. The SMILES string of the molecule is CCN(c1ccccc1F)S(=O)(=O)c1ccc(OC)c(C)c1. The van der Waals surface area contributed by atoms with Gasteiger partial charge in [0.05, 0.1) is 17.7 Å². The van der Waals surface area contributed by atoms with Gasteiger partial charge in [0.15, 0.2) is 0 Å². The quantitative estimate of drug-likeness (QED) is 0.847. The lowest BCUT2D eigenvalue weighted by Crippen LogP contribution is -2.31. The van der Waals surface area contributed by atoms with Crippen molar-refractivity contribution in [1.29, 1.82) is 0 Å². The van der Waals surface area contributed by atoms with E-state index >= 15 is 0 Å². The second kappa shape index (κ2) is 6.36. The molecule has 2 aromatic rings. The Morgan fingerprint density at radius 1 is 1.18 bits per heavy atom. The van der Waals surface area contributed by atoms with Gasteiger partial charge in [0.25, 0.3) is 10.0 Å². The lowest BCUT2D eigenvalue weighted by Gasteiger charge is -2.23. The number of anilines is 1. The van der Waals surface area contributed by atoms with E-state index in [9.17, 15) is 12.8 Å². The molecule has 0 saturated heterocycles. The number of ether oxygens (including phenoxy) is 1. The van der Waals surface area contributed by atoms with Gasteiger partial charge >= 0.3 is 0 Å². The fraction of sp³-hybridized carbons (Fsp3) is 0.250. The predicted octanol–water partition coefficient (Wildman–Crippen LogP) is 3.36. The normalized spacial score (nSPS) is 11.3. The third kappa shape index (κ3) is 2.92. The lowest BCUT2D eigenvalue weighted by atomic mass is 10.2. The smallest absolute Gasteiger partial charge is 0.264 e. The topological polar surface area (TPSA) is 46.6 Å². The van der Waals surface area contributed by atoms with Crippen LogP contribution in [0.1, 0.15) is 12.5 Å². The predicted molar refractivity (Wildman–Crippen MR) is 84.3 cm³/mol. The molecular weight excluding hydrogens is 305 g/mol. The highest BCUT2D eigenvalue weighted by Gasteiger charge is 2.26. The van der Waals surface area contributed by atoms with Gasteiger partial charge in [-0.2, -0.15) is 0 Å². The number of aryl methyl sites for hydroxylation is 1. The minimum Gasteiger partial charge on any atom is -0.496 e. The highest BCUT2D eigenvalue weighted by Crippen LogP contribution is 2.28. The summed E-state index contributed by atoms with van der Waals surface area (Å²) in [6, 6.07) is 10.4. The number of halogens is 1. The number of sulfonamides is 1. The van der Waals surface area contributed by atoms with Crippen LogP contribution in [0.25, 0.3) is 0 Å². The van der Waals surface area contributed by atoms with Crippen LogP contribution in [0.5, 0.6) is 5.75 Å². The zero-order valence-electron chi connectivity index (χ0n) is 12.7. The van der Waals surface area contributed by atoms with E-state index in [-0.39, 0.29) is 17.1 Å². The van der Waals surface area contributed by atoms with Gasteiger partial charge in [0, 0.05) is 6.54 Å². The molecule has 118 valence electrons. The van der Waals surface area contributed by atoms with Crippen molar-refractivity contribution in [3.63, 3.8) is 0 Å². The molecule has 2 rings (SSSR count). The first kappa shape index (κ1) is 16.3. The van der Waals surface area contributed by atoms with Crippen molar-refractivity contribution < 1.29 is 17.5 Å². The van der Waals surface area contributed by atoms with Crippen molar-refractivity contribution in [3.05, 3.63) is 53.8 Å². The largest absolute Gasteiger partial charge is 0.496 e. The zero-order chi connectivity index (χ0) is 16.3. The fourth-order valence-electron chi connectivity index (χ4n) is 2.26. The van der Waals surface area contributed by atoms with Crippen molar-refractivity contribution in [2.24, 2.45) is 0 Å². The molecule has 4 nitrogen and oxygen atoms in total. The molecule has 0 unspecified atom stereocenters. The standard InChI is InChI=1S/C16H18FNO3S/c1-4-18(15-8-6-5-7-14(15)17)22(19,20)13-9-10-16(21-3)12(2)11-13/h5-11H,4H2,1-3H3. The molecule has 0 amide bonds. The third-order valence-corrected chi connectivity index (χ3v) is 5.25. The Kier molecular flexibility index (Phi) is 4.71. The van der Waals surface area contributed by atoms with Crippen LogP contribution in [0.4, 0.5) is 10.1 Å². The molecular formula is C16H18FNO3S. The fourth-order valence-corrected chi connectivity index (χ4v) is 3.83. The van der Waals surface area contributed by atoms with Crippen LogP contribution in [0.2, 0.25) is 0 Å². The molecule has 0 bridgehead atoms. The maximum absolute atomic E-state index is 13.9. The summed E-state index contributed by atoms with van der Waals surface area (Å²) < 4.78 is 45.7. The number of benzene rings is 2. The van der Waals surface area contributed by atoms with E-state index in [1.165, 1.54) is 37.4 Å². The molecule has 0 spiro atoms. The van der Waals surface area contributed by atoms with E-state index in [1.54, 1.807) is 26.0 Å². The van der Waals surface area contributed by atoms with Gasteiger partial charge in [-0.25, -0.2) is 12.8 Å². The lowest BCUT2D eigenvalue weighted by molar-refractivity contribution is 0.411. The van der Waals surface area contributed by atoms with Gasteiger partial charge in [-0.05, 0) is 49.7 Å². The summed E-state index contributed by atoms with van der Waals surface area (Å²) in [4.78, 5) is 0.107. The zero-order valence-corrected chi connectivity index (χ0v) is 13.5. The molecule has 0 aliphatic heterocycles. The molecule has 0 N–H and O–H groups in total. The Hall–Kier alpha value is -2.08. The van der Waals surface area contributed by atoms with E-state index in [2.05, 4.69) is 0 Å². The Labute approximate surface area is 130 Å². The summed E-state index contributed by atoms with van der Waals surface area (Å²) >= 11 is 0. The van der Waals surface area contributed by atoms with Crippen LogP contribution >= 0.6 is 0 Å². The Morgan fingerprint density at radius 2 is 1.86 bits per heavy atom. The van der Waals surface area contributed by atoms with Gasteiger partial charge < -0.3 is 4.74 Å². The summed E-state index contributed by atoms with van der Waals surface area (Å²) in [7, 11) is -2.31. The molecule has 0 saturated carbocycles. The second-order valence-electron chi connectivity index (χ2n) is 4.75. The van der Waals surface area contributed by atoms with Crippen molar-refractivity contribution in [2.45, 2.75) is 18.7 Å². The molecule has 0 atom stereocenters. The van der Waals surface area contributed by atoms with Gasteiger partial charge in [-0.3, -0.25) is 4.31 Å². The average Bonchev–Trinajstić information content (AvgIpc) is 2.49. The minimum atomic E-state index is -3.84. The molecule has 22 heavy (non-hydrogen) atoms. The van der Waals surface area contributed by atoms with Crippen molar-refractivity contribution in [1.82, 2.24) is 0 Å². The van der Waals surface area contributed by atoms with E-state index in [4.69, 9.17) is 4.74 Å². The van der Waals surface area contributed by atoms with Crippen LogP contribution < -0.4 is 9.04 Å². The number of para-hydroxylation sites is 1. The number of rotatable bonds is 5.